The van der Waals surface area contributed by atoms with E-state index in [1.54, 1.807) is 0 Å². The predicted molar refractivity (Wildman–Crippen MR) is 49.1 cm³/mol. The van der Waals surface area contributed by atoms with E-state index in [-0.39, 0.29) is 127 Å². The van der Waals surface area contributed by atoms with Crippen molar-refractivity contribution >= 4 is 141 Å². The van der Waals surface area contributed by atoms with Crippen LogP contribution in [0.5, 0.6) is 0 Å². The summed E-state index contributed by atoms with van der Waals surface area (Å²) in [6.45, 7) is 0. The van der Waals surface area contributed by atoms with Crippen molar-refractivity contribution in [3.05, 3.63) is 0 Å². The third-order valence-corrected chi connectivity index (χ3v) is 0. The van der Waals surface area contributed by atoms with Crippen LogP contribution in [-0.4, -0.2) is 140 Å². The third-order valence-electron chi connectivity index (χ3n) is 0. The van der Waals surface area contributed by atoms with Crippen LogP contribution in [-0.2, 0) is 3.74 Å². The van der Waals surface area contributed by atoms with Crippen molar-refractivity contribution in [2.45, 2.75) is 0 Å². The van der Waals surface area contributed by atoms with Gasteiger partial charge in [-0.1, -0.05) is 0 Å². The fourth-order valence-corrected chi connectivity index (χ4v) is 0. The van der Waals surface area contributed by atoms with E-state index in [1.165, 1.54) is 0 Å². The van der Waals surface area contributed by atoms with E-state index in [0.717, 1.165) is 0 Å². The molecule has 9 heteroatoms. The first-order valence-corrected chi connectivity index (χ1v) is 4.07. The van der Waals surface area contributed by atoms with Gasteiger partial charge in [-0.15, -0.1) is 0 Å². The summed E-state index contributed by atoms with van der Waals surface area (Å²) in [5, 5.41) is 0. The first kappa shape index (κ1) is 29.2. The molecule has 0 fully saturated rings. The zero-order valence-electron chi connectivity index (χ0n) is 2.70. The molecule has 0 aromatic heterocycles. The van der Waals surface area contributed by atoms with Gasteiger partial charge in [0, 0.05) is 0 Å². The maximum absolute atomic E-state index is 8.94. The predicted octanol–water partition coefficient (Wildman–Crippen LogP) is -4.81. The molecule has 0 unspecified atom stereocenters. The van der Waals surface area contributed by atoms with Gasteiger partial charge >= 0.3 is 144 Å². The molecule has 0 saturated heterocycles. The molecule has 0 heterocycles. The van der Waals surface area contributed by atoms with Crippen LogP contribution in [0.15, 0.2) is 0 Å². The van der Waals surface area contributed by atoms with E-state index < -0.39 is 14.5 Å². The first-order chi connectivity index (χ1) is 2.00. The van der Waals surface area contributed by atoms with Crippen molar-refractivity contribution in [3.63, 3.8) is 0 Å². The molecule has 0 rings (SSSR count). The summed E-state index contributed by atoms with van der Waals surface area (Å²) in [4.78, 5) is 0. The molecule has 0 saturated carbocycles. The second-order valence-corrected chi connectivity index (χ2v) is 2.67. The summed E-state index contributed by atoms with van der Waals surface area (Å²) in [6, 6.07) is 0. The average Bonchev–Trinajstić information content (AvgIpc) is 0.722. The second kappa shape index (κ2) is 14.9. The molecule has 0 aromatic rings. The van der Waals surface area contributed by atoms with Crippen LogP contribution >= 0.6 is 13.5 Å². The summed E-state index contributed by atoms with van der Waals surface area (Å²) in [5.41, 5.74) is 0. The molecule has 9 heavy (non-hydrogen) atoms. The van der Waals surface area contributed by atoms with Gasteiger partial charge in [0.05, 0.1) is 0 Å². The summed E-state index contributed by atoms with van der Waals surface area (Å²) in [6.07, 6.45) is 0. The van der Waals surface area contributed by atoms with E-state index in [2.05, 4.69) is 0 Å². The molecular weight excluding hydrogens is 291 g/mol. The van der Waals surface area contributed by atoms with E-state index in [0.29, 0.717) is 0 Å². The minimum atomic E-state index is -5.12. The first-order valence-electron chi connectivity index (χ1n) is 0.783. The quantitative estimate of drug-likeness (QED) is 0.393. The van der Waals surface area contributed by atoms with Crippen molar-refractivity contribution in [2.75, 3.05) is 0 Å². The van der Waals surface area contributed by atoms with Gasteiger partial charge in [0.2, 0.25) is 0 Å². The molecule has 4 nitrogen and oxygen atoms in total. The van der Waals surface area contributed by atoms with Gasteiger partial charge in [-0.2, -0.15) is 13.5 Å². The maximum atomic E-state index is 8.94. The van der Waals surface area contributed by atoms with Gasteiger partial charge in [-0.05, 0) is 0 Å². The van der Waals surface area contributed by atoms with Crippen LogP contribution in [0.2, 0.25) is 0 Å². The van der Waals surface area contributed by atoms with Gasteiger partial charge in [-0.25, -0.2) is 0 Å². The van der Waals surface area contributed by atoms with E-state index in [1.807, 2.05) is 0 Å². The molecule has 0 aromatic carbocycles. The van der Waals surface area contributed by atoms with Crippen molar-refractivity contribution in [3.8, 4) is 0 Å². The Balaban J connectivity index is -0.0000000133. The molecule has 0 bridgehead atoms. The van der Waals surface area contributed by atoms with Gasteiger partial charge in [-0.3, -0.25) is 0 Å². The van der Waals surface area contributed by atoms with Gasteiger partial charge in [0.1, 0.15) is 0 Å². The Labute approximate surface area is 153 Å². The third kappa shape index (κ3) is 69.7. The minimum absolute atomic E-state index is 0. The molecule has 0 aliphatic carbocycles. The molecule has 0 amide bonds. The van der Waals surface area contributed by atoms with Gasteiger partial charge < -0.3 is 0 Å². The normalized spacial score (nSPS) is 6.56. The molecule has 0 radical (unpaired) electrons. The Hall–Kier alpha value is 4.37. The Morgan fingerprint density at radius 1 is 0.889 bits per heavy atom. The van der Waals surface area contributed by atoms with Gasteiger partial charge in [0.25, 0.3) is 0 Å². The van der Waals surface area contributed by atoms with Crippen LogP contribution in [0.3, 0.4) is 0 Å². The summed E-state index contributed by atoms with van der Waals surface area (Å²) < 4.78 is 30.7. The fraction of sp³-hybridized carbons (Fsp3) is 0. The summed E-state index contributed by atoms with van der Waals surface area (Å²) in [5.74, 6) is 0. The van der Waals surface area contributed by atoms with Crippen LogP contribution in [0.25, 0.3) is 0 Å². The second-order valence-electron chi connectivity index (χ2n) is 0.513. The molecule has 0 aliphatic rings. The van der Waals surface area contributed by atoms with Crippen molar-refractivity contribution in [1.82, 2.24) is 0 Å². The van der Waals surface area contributed by atoms with Crippen molar-refractivity contribution in [1.29, 1.82) is 0 Å². The number of rotatable bonds is 0. The van der Waals surface area contributed by atoms with E-state index in [9.17, 15) is 0 Å². The fourth-order valence-electron chi connectivity index (χ4n) is 0. The van der Waals surface area contributed by atoms with Crippen molar-refractivity contribution in [2.24, 2.45) is 0 Å². The van der Waals surface area contributed by atoms with Crippen molar-refractivity contribution < 1.29 is 16.0 Å². The SMILES string of the molecule is O=[As](O)(O)O.S.[CaH2].[CaH2].[CaH2]. The average molecular weight is 302 g/mol. The Morgan fingerprint density at radius 3 is 0.889 bits per heavy atom. The number of hydrogen-bond donors (Lipinski definition) is 3. The molecule has 52 valence electrons. The van der Waals surface area contributed by atoms with Crippen LogP contribution < -0.4 is 0 Å². The molecular formula is H11AsCa3O4S. The Morgan fingerprint density at radius 2 is 0.889 bits per heavy atom. The summed E-state index contributed by atoms with van der Waals surface area (Å²) in [7, 11) is 0. The van der Waals surface area contributed by atoms with Crippen LogP contribution in [0, 0.1) is 0 Å². The molecule has 0 spiro atoms. The molecule has 0 atom stereocenters. The Bertz CT molecular complexity index is 61.9. The molecule has 0 aliphatic heterocycles. The zero-order chi connectivity index (χ0) is 4.50. The Kier molecular flexibility index (Phi) is 48.2. The molecule has 3 N–H and O–H groups in total. The monoisotopic (exact) mass is 302 g/mol. The van der Waals surface area contributed by atoms with Crippen LogP contribution in [0.1, 0.15) is 0 Å². The summed E-state index contributed by atoms with van der Waals surface area (Å²) >= 11 is -5.12. The van der Waals surface area contributed by atoms with E-state index >= 15 is 0 Å². The zero-order valence-corrected chi connectivity index (χ0v) is 5.57. The van der Waals surface area contributed by atoms with E-state index in [4.69, 9.17) is 16.0 Å². The topological polar surface area (TPSA) is 77.8 Å². The van der Waals surface area contributed by atoms with Gasteiger partial charge in [0.15, 0.2) is 0 Å². The van der Waals surface area contributed by atoms with Crippen LogP contribution in [0.4, 0.5) is 0 Å². The standard InChI is InChI=1S/AsH3O4.3Ca.H2S.6H/c2-1(3,4)5;;;;;;;;;;/h(H3,2,3,4,5);;;;1H2;;;;;;. The number of hydrogen-bond acceptors (Lipinski definition) is 1.